The third kappa shape index (κ3) is 1.84. The van der Waals surface area contributed by atoms with E-state index in [9.17, 15) is 14.4 Å². The fourth-order valence-corrected chi connectivity index (χ4v) is 1.86. The zero-order valence-electron chi connectivity index (χ0n) is 9.69. The highest BCUT2D eigenvalue weighted by molar-refractivity contribution is 6.59. The molecule has 0 bridgehead atoms. The highest BCUT2D eigenvalue weighted by Crippen LogP contribution is 2.23. The second-order valence-corrected chi connectivity index (χ2v) is 4.36. The lowest BCUT2D eigenvalue weighted by Crippen LogP contribution is -2.30. The summed E-state index contributed by atoms with van der Waals surface area (Å²) in [6.45, 7) is 3.72. The maximum atomic E-state index is 12.1. The summed E-state index contributed by atoms with van der Waals surface area (Å²) in [5.74, 6) is -1.58. The molecular formula is C14H12O3. The third-order valence-corrected chi connectivity index (χ3v) is 2.61. The van der Waals surface area contributed by atoms with Gasteiger partial charge in [-0.25, -0.2) is 0 Å². The number of hydrogen-bond acceptors (Lipinski definition) is 3. The van der Waals surface area contributed by atoms with E-state index in [1.54, 1.807) is 24.3 Å². The molecule has 3 heteroatoms. The summed E-state index contributed by atoms with van der Waals surface area (Å²) in [5, 5.41) is 0. The van der Waals surface area contributed by atoms with Gasteiger partial charge in [0.05, 0.1) is 5.57 Å². The molecule has 0 radical (unpaired) electrons. The van der Waals surface area contributed by atoms with E-state index < -0.39 is 11.6 Å². The van der Waals surface area contributed by atoms with Crippen LogP contribution >= 0.6 is 0 Å². The highest BCUT2D eigenvalue weighted by atomic mass is 16.2. The number of carbonyl (C=O) groups excluding carboxylic acids is 3. The lowest BCUT2D eigenvalue weighted by atomic mass is 9.84. The average molecular weight is 228 g/mol. The van der Waals surface area contributed by atoms with E-state index in [1.165, 1.54) is 6.07 Å². The molecule has 0 saturated carbocycles. The summed E-state index contributed by atoms with van der Waals surface area (Å²) in [5.41, 5.74) is 0.538. The monoisotopic (exact) mass is 228 g/mol. The molecule has 86 valence electrons. The molecule has 0 aromatic heterocycles. The number of ketones is 3. The van der Waals surface area contributed by atoms with Gasteiger partial charge in [0.25, 0.3) is 0 Å². The van der Waals surface area contributed by atoms with E-state index in [-0.39, 0.29) is 22.8 Å². The molecule has 1 aromatic carbocycles. The molecule has 0 fully saturated rings. The largest absolute Gasteiger partial charge is 0.288 e. The Hall–Kier alpha value is -2.03. The van der Waals surface area contributed by atoms with Gasteiger partial charge in [0, 0.05) is 11.1 Å². The predicted octanol–water partition coefficient (Wildman–Crippen LogP) is 2.22. The summed E-state index contributed by atoms with van der Waals surface area (Å²) < 4.78 is 0. The number of hydrogen-bond donors (Lipinski definition) is 0. The van der Waals surface area contributed by atoms with E-state index in [1.807, 2.05) is 13.8 Å². The SMILES string of the molecule is CC(C)C=C1C(=O)C(=O)c2ccccc2C1=O. The molecule has 2 rings (SSSR count). The van der Waals surface area contributed by atoms with E-state index >= 15 is 0 Å². The first-order valence-corrected chi connectivity index (χ1v) is 5.47. The summed E-state index contributed by atoms with van der Waals surface area (Å²) in [6, 6.07) is 6.43. The second kappa shape index (κ2) is 4.09. The van der Waals surface area contributed by atoms with Crippen LogP contribution in [0.2, 0.25) is 0 Å². The Morgan fingerprint density at radius 3 is 1.94 bits per heavy atom. The lowest BCUT2D eigenvalue weighted by molar-refractivity contribution is -0.111. The van der Waals surface area contributed by atoms with Crippen LogP contribution in [0.4, 0.5) is 0 Å². The second-order valence-electron chi connectivity index (χ2n) is 4.36. The van der Waals surface area contributed by atoms with Gasteiger partial charge >= 0.3 is 0 Å². The smallest absolute Gasteiger partial charge is 0.237 e. The van der Waals surface area contributed by atoms with Gasteiger partial charge in [0.1, 0.15) is 0 Å². The van der Waals surface area contributed by atoms with Crippen LogP contribution in [0.5, 0.6) is 0 Å². The van der Waals surface area contributed by atoms with Gasteiger partial charge in [0.2, 0.25) is 11.6 Å². The van der Waals surface area contributed by atoms with Crippen molar-refractivity contribution in [3.63, 3.8) is 0 Å². The Morgan fingerprint density at radius 1 is 0.882 bits per heavy atom. The molecule has 1 aliphatic carbocycles. The molecule has 0 amide bonds. The zero-order valence-corrected chi connectivity index (χ0v) is 9.69. The van der Waals surface area contributed by atoms with Crippen molar-refractivity contribution in [2.75, 3.05) is 0 Å². The molecular weight excluding hydrogens is 216 g/mol. The van der Waals surface area contributed by atoms with Crippen molar-refractivity contribution in [2.24, 2.45) is 5.92 Å². The highest BCUT2D eigenvalue weighted by Gasteiger charge is 2.35. The van der Waals surface area contributed by atoms with Gasteiger partial charge in [0.15, 0.2) is 5.78 Å². The number of fused-ring (bicyclic) bond motifs is 1. The first kappa shape index (κ1) is 11.5. The predicted molar refractivity (Wildman–Crippen MR) is 63.0 cm³/mol. The van der Waals surface area contributed by atoms with Gasteiger partial charge in [-0.05, 0) is 5.92 Å². The molecule has 1 aromatic rings. The number of allylic oxidation sites excluding steroid dienone is 2. The molecule has 0 aliphatic heterocycles. The normalized spacial score (nSPS) is 17.8. The first-order chi connectivity index (χ1) is 8.02. The number of rotatable bonds is 1. The maximum absolute atomic E-state index is 12.1. The van der Waals surface area contributed by atoms with Crippen LogP contribution in [0.1, 0.15) is 34.6 Å². The summed E-state index contributed by atoms with van der Waals surface area (Å²) >= 11 is 0. The van der Waals surface area contributed by atoms with Gasteiger partial charge in [-0.2, -0.15) is 0 Å². The van der Waals surface area contributed by atoms with Crippen molar-refractivity contribution in [2.45, 2.75) is 13.8 Å². The van der Waals surface area contributed by atoms with Crippen LogP contribution in [-0.4, -0.2) is 17.3 Å². The molecule has 0 saturated heterocycles. The van der Waals surface area contributed by atoms with Gasteiger partial charge in [-0.3, -0.25) is 14.4 Å². The van der Waals surface area contributed by atoms with Crippen LogP contribution in [0.3, 0.4) is 0 Å². The molecule has 0 heterocycles. The Bertz CT molecular complexity index is 550. The molecule has 0 unspecified atom stereocenters. The molecule has 0 spiro atoms. The van der Waals surface area contributed by atoms with Crippen molar-refractivity contribution >= 4 is 17.3 Å². The summed E-state index contributed by atoms with van der Waals surface area (Å²) in [6.07, 6.45) is 1.55. The number of carbonyl (C=O) groups is 3. The molecule has 0 atom stereocenters. The standard InChI is InChI=1S/C14H12O3/c1-8(2)7-11-12(15)9-5-3-4-6-10(9)13(16)14(11)17/h3-8H,1-2H3. The lowest BCUT2D eigenvalue weighted by Gasteiger charge is -2.15. The van der Waals surface area contributed by atoms with Crippen LogP contribution < -0.4 is 0 Å². The number of Topliss-reactive ketones (excluding diaryl/α,β-unsaturated/α-hetero) is 3. The Kier molecular flexibility index (Phi) is 2.76. The summed E-state index contributed by atoms with van der Waals surface area (Å²) in [7, 11) is 0. The van der Waals surface area contributed by atoms with Crippen LogP contribution in [0, 0.1) is 5.92 Å². The van der Waals surface area contributed by atoms with E-state index in [4.69, 9.17) is 0 Å². The van der Waals surface area contributed by atoms with Crippen LogP contribution in [0.25, 0.3) is 0 Å². The van der Waals surface area contributed by atoms with Crippen molar-refractivity contribution in [1.82, 2.24) is 0 Å². The average Bonchev–Trinajstić information content (AvgIpc) is 2.31. The fraction of sp³-hybridized carbons (Fsp3) is 0.214. The van der Waals surface area contributed by atoms with Crippen LogP contribution in [0.15, 0.2) is 35.9 Å². The zero-order chi connectivity index (χ0) is 12.6. The molecule has 3 nitrogen and oxygen atoms in total. The van der Waals surface area contributed by atoms with Crippen molar-refractivity contribution in [1.29, 1.82) is 0 Å². The summed E-state index contributed by atoms with van der Waals surface area (Å²) in [4.78, 5) is 35.7. The first-order valence-electron chi connectivity index (χ1n) is 5.47. The van der Waals surface area contributed by atoms with Crippen molar-refractivity contribution < 1.29 is 14.4 Å². The topological polar surface area (TPSA) is 51.2 Å². The quantitative estimate of drug-likeness (QED) is 0.420. The van der Waals surface area contributed by atoms with Crippen molar-refractivity contribution in [3.8, 4) is 0 Å². The molecule has 1 aliphatic rings. The number of benzene rings is 1. The Morgan fingerprint density at radius 2 is 1.41 bits per heavy atom. The maximum Gasteiger partial charge on any atom is 0.237 e. The minimum Gasteiger partial charge on any atom is -0.288 e. The van der Waals surface area contributed by atoms with E-state index in [0.29, 0.717) is 5.56 Å². The fourth-order valence-electron chi connectivity index (χ4n) is 1.86. The van der Waals surface area contributed by atoms with Gasteiger partial charge in [-0.15, -0.1) is 0 Å². The van der Waals surface area contributed by atoms with Gasteiger partial charge in [-0.1, -0.05) is 44.2 Å². The molecule has 0 N–H and O–H groups in total. The van der Waals surface area contributed by atoms with Gasteiger partial charge < -0.3 is 0 Å². The third-order valence-electron chi connectivity index (χ3n) is 2.61. The molecule has 17 heavy (non-hydrogen) atoms. The minimum atomic E-state index is -0.692. The van der Waals surface area contributed by atoms with E-state index in [0.717, 1.165) is 0 Å². The minimum absolute atomic E-state index is 0.00343. The van der Waals surface area contributed by atoms with Crippen LogP contribution in [-0.2, 0) is 4.79 Å². The van der Waals surface area contributed by atoms with E-state index in [2.05, 4.69) is 0 Å². The van der Waals surface area contributed by atoms with Crippen molar-refractivity contribution in [3.05, 3.63) is 47.0 Å². The Balaban J connectivity index is 2.63. The Labute approximate surface area is 99.1 Å².